The number of aryl methyl sites for hydroxylation is 1. The van der Waals surface area contributed by atoms with Gasteiger partial charge in [-0.1, -0.05) is 29.8 Å². The Morgan fingerprint density at radius 2 is 1.97 bits per heavy atom. The molecule has 0 amide bonds. The summed E-state index contributed by atoms with van der Waals surface area (Å²) in [5.74, 6) is 0.713. The summed E-state index contributed by atoms with van der Waals surface area (Å²) in [6.07, 6.45) is 1.90. The summed E-state index contributed by atoms with van der Waals surface area (Å²) in [7, 11) is 0. The van der Waals surface area contributed by atoms with Crippen LogP contribution in [0.4, 0.5) is 17.2 Å². The number of H-pyrrole nitrogens is 1. The molecule has 3 N–H and O–H groups in total. The molecular weight excluding hydrogens is 386 g/mol. The Bertz CT molecular complexity index is 1080. The smallest absolute Gasteiger partial charge is 0.178 e. The largest absolute Gasteiger partial charge is 0.336 e. The second-order valence-corrected chi connectivity index (χ2v) is 7.77. The van der Waals surface area contributed by atoms with Gasteiger partial charge >= 0.3 is 0 Å². The van der Waals surface area contributed by atoms with Crippen molar-refractivity contribution in [2.24, 2.45) is 4.99 Å². The number of pyridine rings is 1. The fourth-order valence-electron chi connectivity index (χ4n) is 3.78. The molecule has 1 saturated heterocycles. The Morgan fingerprint density at radius 3 is 2.79 bits per heavy atom. The average Bonchev–Trinajstić information content (AvgIpc) is 2.98. The summed E-state index contributed by atoms with van der Waals surface area (Å²) in [6.45, 7) is 6.88. The van der Waals surface area contributed by atoms with Crippen LogP contribution in [0.3, 0.4) is 0 Å². The predicted molar refractivity (Wildman–Crippen MR) is 116 cm³/mol. The Morgan fingerprint density at radius 1 is 1.14 bits per heavy atom. The summed E-state index contributed by atoms with van der Waals surface area (Å²) in [4.78, 5) is 12.1. The summed E-state index contributed by atoms with van der Waals surface area (Å²) in [5.41, 5.74) is 6.24. The fraction of sp³-hybridized carbons (Fsp3) is 0.286. The lowest BCUT2D eigenvalue weighted by molar-refractivity contribution is 0.231. The minimum absolute atomic E-state index is 0.659. The number of hydrogen-bond acceptors (Lipinski definition) is 6. The van der Waals surface area contributed by atoms with Crippen molar-refractivity contribution in [3.05, 3.63) is 64.1 Å². The lowest BCUT2D eigenvalue weighted by Gasteiger charge is -2.27. The number of halogens is 1. The molecule has 0 atom stereocenters. The van der Waals surface area contributed by atoms with Crippen molar-refractivity contribution in [3.8, 4) is 0 Å². The quantitative estimate of drug-likeness (QED) is 0.485. The molecule has 1 fully saturated rings. The van der Waals surface area contributed by atoms with Crippen molar-refractivity contribution in [2.75, 3.05) is 31.5 Å². The maximum absolute atomic E-state index is 6.52. The highest BCUT2D eigenvalue weighted by atomic mass is 35.5. The molecule has 2 aliphatic rings. The van der Waals surface area contributed by atoms with Crippen LogP contribution in [0.5, 0.6) is 0 Å². The van der Waals surface area contributed by atoms with Gasteiger partial charge in [0.25, 0.3) is 0 Å². The zero-order valence-corrected chi connectivity index (χ0v) is 16.9. The molecule has 2 aliphatic heterocycles. The molecule has 7 nitrogen and oxygen atoms in total. The van der Waals surface area contributed by atoms with E-state index >= 15 is 0 Å². The Labute approximate surface area is 174 Å². The molecule has 0 bridgehead atoms. The van der Waals surface area contributed by atoms with E-state index in [1.54, 1.807) is 0 Å². The number of piperazine rings is 1. The van der Waals surface area contributed by atoms with Crippen LogP contribution in [-0.4, -0.2) is 52.0 Å². The summed E-state index contributed by atoms with van der Waals surface area (Å²) < 4.78 is 0. The van der Waals surface area contributed by atoms with Gasteiger partial charge in [0.15, 0.2) is 5.82 Å². The van der Waals surface area contributed by atoms with Crippen LogP contribution in [0.1, 0.15) is 22.5 Å². The lowest BCUT2D eigenvalue weighted by Crippen LogP contribution is -2.43. The van der Waals surface area contributed by atoms with Crippen LogP contribution in [0, 0.1) is 6.92 Å². The summed E-state index contributed by atoms with van der Waals surface area (Å²) >= 11 is 6.52. The predicted octanol–water partition coefficient (Wildman–Crippen LogP) is 3.40. The van der Waals surface area contributed by atoms with E-state index in [0.29, 0.717) is 10.8 Å². The Hall–Kier alpha value is -2.74. The molecule has 1 aromatic carbocycles. The molecule has 8 heteroatoms. The van der Waals surface area contributed by atoms with Gasteiger partial charge in [0, 0.05) is 55.1 Å². The first kappa shape index (κ1) is 18.3. The minimum Gasteiger partial charge on any atom is -0.336 e. The van der Waals surface area contributed by atoms with Gasteiger partial charge in [-0.25, -0.2) is 4.99 Å². The number of aromatic nitrogens is 3. The zero-order chi connectivity index (χ0) is 19.8. The monoisotopic (exact) mass is 407 g/mol. The van der Waals surface area contributed by atoms with Crippen molar-refractivity contribution < 1.29 is 0 Å². The molecule has 29 heavy (non-hydrogen) atoms. The molecular formula is C21H22ClN7. The molecule has 5 rings (SSSR count). The van der Waals surface area contributed by atoms with E-state index in [1.165, 1.54) is 0 Å². The van der Waals surface area contributed by atoms with Gasteiger partial charge in [-0.05, 0) is 19.1 Å². The number of nitrogens with one attached hydrogen (secondary N) is 3. The van der Waals surface area contributed by atoms with Crippen LogP contribution in [0.15, 0.2) is 41.5 Å². The van der Waals surface area contributed by atoms with E-state index in [4.69, 9.17) is 21.6 Å². The van der Waals surface area contributed by atoms with E-state index in [1.807, 2.05) is 37.4 Å². The normalized spacial score (nSPS) is 16.4. The first-order valence-corrected chi connectivity index (χ1v) is 10.1. The minimum atomic E-state index is 0.659. The zero-order valence-electron chi connectivity index (χ0n) is 16.2. The van der Waals surface area contributed by atoms with Crippen LogP contribution < -0.4 is 10.6 Å². The van der Waals surface area contributed by atoms with E-state index in [2.05, 4.69) is 31.8 Å². The average molecular weight is 408 g/mol. The number of fused-ring (bicyclic) bond motifs is 2. The Balaban J connectivity index is 1.60. The van der Waals surface area contributed by atoms with Gasteiger partial charge in [-0.3, -0.25) is 15.0 Å². The molecule has 0 spiro atoms. The van der Waals surface area contributed by atoms with Crippen LogP contribution in [0.25, 0.3) is 0 Å². The second-order valence-electron chi connectivity index (χ2n) is 7.36. The second kappa shape index (κ2) is 7.59. The molecule has 148 valence electrons. The maximum Gasteiger partial charge on any atom is 0.178 e. The number of rotatable bonds is 3. The van der Waals surface area contributed by atoms with Gasteiger partial charge in [0.05, 0.1) is 22.8 Å². The number of aliphatic imine (C=N–C) groups is 1. The standard InChI is InChI=1S/C21H22ClN7/c1-13-19-21(28-27-13)25-18-10-14(12-29-8-6-23-7-9-29)24-11-16(18)20(26-19)15-4-2-3-5-17(15)22/h2-5,10-11,23H,6-9,12H2,1H3,(H2,25,27,28). The summed E-state index contributed by atoms with van der Waals surface area (Å²) in [5, 5.41) is 14.9. The van der Waals surface area contributed by atoms with Crippen molar-refractivity contribution in [1.82, 2.24) is 25.4 Å². The van der Waals surface area contributed by atoms with Crippen molar-refractivity contribution >= 4 is 34.5 Å². The third-order valence-electron chi connectivity index (χ3n) is 5.33. The highest BCUT2D eigenvalue weighted by Crippen LogP contribution is 2.37. The number of aromatic amines is 1. The number of hydrogen-bond donors (Lipinski definition) is 3. The van der Waals surface area contributed by atoms with Crippen LogP contribution in [0.2, 0.25) is 5.02 Å². The van der Waals surface area contributed by atoms with Crippen molar-refractivity contribution in [2.45, 2.75) is 13.5 Å². The van der Waals surface area contributed by atoms with Crippen LogP contribution in [-0.2, 0) is 6.54 Å². The molecule has 3 aromatic rings. The number of benzene rings is 1. The van der Waals surface area contributed by atoms with Gasteiger partial charge < -0.3 is 10.6 Å². The number of nitrogens with zero attached hydrogens (tertiary/aromatic N) is 4. The van der Waals surface area contributed by atoms with E-state index in [0.717, 1.165) is 72.3 Å². The van der Waals surface area contributed by atoms with Gasteiger partial charge in [0.1, 0.15) is 5.69 Å². The SMILES string of the molecule is Cc1[nH]nc2c1N=C(c1ccccc1Cl)c1cnc(CN3CCNCC3)cc1N2. The van der Waals surface area contributed by atoms with Crippen molar-refractivity contribution in [3.63, 3.8) is 0 Å². The first-order valence-electron chi connectivity index (χ1n) is 9.77. The van der Waals surface area contributed by atoms with Crippen molar-refractivity contribution in [1.29, 1.82) is 0 Å². The third-order valence-corrected chi connectivity index (χ3v) is 5.66. The first-order chi connectivity index (χ1) is 14.2. The summed E-state index contributed by atoms with van der Waals surface area (Å²) in [6, 6.07) is 9.86. The van der Waals surface area contributed by atoms with Gasteiger partial charge in [0.2, 0.25) is 0 Å². The van der Waals surface area contributed by atoms with Gasteiger partial charge in [-0.15, -0.1) is 0 Å². The highest BCUT2D eigenvalue weighted by Gasteiger charge is 2.23. The van der Waals surface area contributed by atoms with E-state index < -0.39 is 0 Å². The van der Waals surface area contributed by atoms with Gasteiger partial charge in [-0.2, -0.15) is 5.10 Å². The van der Waals surface area contributed by atoms with Crippen LogP contribution >= 0.6 is 11.6 Å². The fourth-order valence-corrected chi connectivity index (χ4v) is 4.01. The molecule has 0 saturated carbocycles. The van der Waals surface area contributed by atoms with E-state index in [-0.39, 0.29) is 0 Å². The third kappa shape index (κ3) is 3.53. The molecule has 0 radical (unpaired) electrons. The molecule has 2 aromatic heterocycles. The maximum atomic E-state index is 6.52. The highest BCUT2D eigenvalue weighted by molar-refractivity contribution is 6.36. The topological polar surface area (TPSA) is 81.2 Å². The van der Waals surface area contributed by atoms with E-state index in [9.17, 15) is 0 Å². The Kier molecular flexibility index (Phi) is 4.79. The number of anilines is 2. The lowest BCUT2D eigenvalue weighted by atomic mass is 10.0. The molecule has 0 aliphatic carbocycles. The molecule has 0 unspecified atom stereocenters. The molecule has 4 heterocycles.